The molecule has 0 aromatic heterocycles. The van der Waals surface area contributed by atoms with Gasteiger partial charge in [0.05, 0.1) is 15.4 Å². The fourth-order valence-corrected chi connectivity index (χ4v) is 5.85. The van der Waals surface area contributed by atoms with E-state index in [0.717, 1.165) is 28.8 Å². The van der Waals surface area contributed by atoms with E-state index in [0.29, 0.717) is 23.7 Å². The lowest BCUT2D eigenvalue weighted by Crippen LogP contribution is -2.26. The molecule has 1 aliphatic heterocycles. The van der Waals surface area contributed by atoms with Crippen LogP contribution in [-0.4, -0.2) is 36.7 Å². The lowest BCUT2D eigenvalue weighted by Gasteiger charge is -2.15. The van der Waals surface area contributed by atoms with Crippen LogP contribution in [0.5, 0.6) is 5.75 Å². The second-order valence-electron chi connectivity index (χ2n) is 7.46. The molecule has 9 nitrogen and oxygen atoms in total. The first-order valence-electron chi connectivity index (χ1n) is 10.2. The van der Waals surface area contributed by atoms with Gasteiger partial charge >= 0.3 is 5.97 Å². The van der Waals surface area contributed by atoms with Gasteiger partial charge in [0.1, 0.15) is 12.4 Å². The molecule has 176 valence electrons. The number of carboxylic acid groups (broad SMARTS) is 1. The van der Waals surface area contributed by atoms with E-state index in [9.17, 15) is 28.4 Å². The molecule has 1 heterocycles. The molecular weight excluding hydrogens is 480 g/mol. The Morgan fingerprint density at radius 2 is 1.79 bits per heavy atom. The van der Waals surface area contributed by atoms with Crippen LogP contribution in [-0.2, 0) is 23.1 Å². The van der Waals surface area contributed by atoms with Gasteiger partial charge < -0.3 is 9.84 Å². The van der Waals surface area contributed by atoms with Gasteiger partial charge in [-0.3, -0.25) is 10.1 Å². The van der Waals surface area contributed by atoms with Crippen molar-refractivity contribution in [3.63, 3.8) is 0 Å². The van der Waals surface area contributed by atoms with E-state index in [2.05, 4.69) is 4.72 Å². The van der Waals surface area contributed by atoms with E-state index in [1.54, 1.807) is 6.07 Å². The summed E-state index contributed by atoms with van der Waals surface area (Å²) < 4.78 is 33.4. The van der Waals surface area contributed by atoms with Crippen molar-refractivity contribution in [3.8, 4) is 5.75 Å². The average Bonchev–Trinajstić information content (AvgIpc) is 3.01. The highest BCUT2D eigenvalue weighted by atomic mass is 32.2. The minimum atomic E-state index is -3.87. The van der Waals surface area contributed by atoms with Crippen molar-refractivity contribution in [2.24, 2.45) is 0 Å². The molecule has 0 fully saturated rings. The lowest BCUT2D eigenvalue weighted by atomic mass is 9.99. The molecule has 0 amide bonds. The molecule has 0 aliphatic carbocycles. The second kappa shape index (κ2) is 9.84. The Morgan fingerprint density at radius 1 is 1.09 bits per heavy atom. The number of nitro benzene ring substituents is 1. The Bertz CT molecular complexity index is 1360. The average molecular weight is 501 g/mol. The normalized spacial score (nSPS) is 12.7. The van der Waals surface area contributed by atoms with E-state index in [1.807, 2.05) is 24.3 Å². The Balaban J connectivity index is 1.51. The fraction of sp³-hybridized carbons (Fsp3) is 0.174. The number of ether oxygens (including phenoxy) is 1. The van der Waals surface area contributed by atoms with Crippen LogP contribution in [0.1, 0.15) is 27.0 Å². The van der Waals surface area contributed by atoms with Crippen molar-refractivity contribution < 1.29 is 28.0 Å². The van der Waals surface area contributed by atoms with Crippen LogP contribution in [0.2, 0.25) is 0 Å². The summed E-state index contributed by atoms with van der Waals surface area (Å²) in [5, 5.41) is 20.5. The van der Waals surface area contributed by atoms with Crippen molar-refractivity contribution >= 4 is 33.4 Å². The van der Waals surface area contributed by atoms with Gasteiger partial charge in [0.25, 0.3) is 5.69 Å². The Labute approximate surface area is 200 Å². The summed E-state index contributed by atoms with van der Waals surface area (Å²) in [5.74, 6) is -0.200. The fourth-order valence-electron chi connectivity index (χ4n) is 3.62. The predicted octanol–water partition coefficient (Wildman–Crippen LogP) is 3.85. The molecular formula is C23H20N2O7S2. The zero-order valence-corrected chi connectivity index (χ0v) is 19.4. The Kier molecular flexibility index (Phi) is 6.87. The molecule has 0 saturated heterocycles. The number of sulfonamides is 1. The molecule has 3 aromatic rings. The Hall–Kier alpha value is -3.41. The van der Waals surface area contributed by atoms with Gasteiger partial charge in [0.15, 0.2) is 0 Å². The van der Waals surface area contributed by atoms with E-state index < -0.39 is 20.9 Å². The molecule has 4 rings (SSSR count). The van der Waals surface area contributed by atoms with Gasteiger partial charge in [0, 0.05) is 41.3 Å². The molecule has 0 radical (unpaired) electrons. The summed E-state index contributed by atoms with van der Waals surface area (Å²) in [7, 11) is -3.87. The maximum absolute atomic E-state index is 12.5. The van der Waals surface area contributed by atoms with Crippen LogP contribution in [0.15, 0.2) is 70.5 Å². The molecule has 0 saturated carbocycles. The van der Waals surface area contributed by atoms with E-state index in [-0.39, 0.29) is 28.4 Å². The first-order valence-corrected chi connectivity index (χ1v) is 12.7. The standard InChI is InChI=1S/C23H20N2O7S2/c26-23(27)19-9-10-21-20(13-15-3-1-2-4-16(15)14-32-21)22(19)33-12-11-24-34(30,31)18-7-5-17(6-8-18)25(28)29/h1-10,24H,11-14H2,(H,26,27). The number of carboxylic acids is 1. The highest BCUT2D eigenvalue weighted by Gasteiger charge is 2.23. The number of benzene rings is 3. The molecule has 34 heavy (non-hydrogen) atoms. The minimum absolute atomic E-state index is 0.0319. The molecule has 3 aromatic carbocycles. The summed E-state index contributed by atoms with van der Waals surface area (Å²) in [6.07, 6.45) is 0.503. The van der Waals surface area contributed by atoms with Gasteiger partial charge in [-0.1, -0.05) is 24.3 Å². The number of fused-ring (bicyclic) bond motifs is 2. The predicted molar refractivity (Wildman–Crippen MR) is 126 cm³/mol. The molecule has 0 unspecified atom stereocenters. The molecule has 0 spiro atoms. The van der Waals surface area contributed by atoms with Crippen molar-refractivity contribution in [1.29, 1.82) is 0 Å². The van der Waals surface area contributed by atoms with Crippen LogP contribution in [0, 0.1) is 10.1 Å². The molecule has 11 heteroatoms. The number of carbonyl (C=O) groups is 1. The first kappa shape index (κ1) is 23.7. The summed E-state index contributed by atoms with van der Waals surface area (Å²) in [6, 6.07) is 15.5. The topological polar surface area (TPSA) is 136 Å². The zero-order chi connectivity index (χ0) is 24.3. The van der Waals surface area contributed by atoms with Crippen LogP contribution in [0.4, 0.5) is 5.69 Å². The Morgan fingerprint density at radius 3 is 2.47 bits per heavy atom. The van der Waals surface area contributed by atoms with E-state index in [4.69, 9.17) is 4.74 Å². The lowest BCUT2D eigenvalue weighted by molar-refractivity contribution is -0.384. The van der Waals surface area contributed by atoms with Crippen LogP contribution in [0.25, 0.3) is 0 Å². The number of rotatable bonds is 8. The van der Waals surface area contributed by atoms with Gasteiger partial charge in [-0.15, -0.1) is 11.8 Å². The van der Waals surface area contributed by atoms with E-state index >= 15 is 0 Å². The zero-order valence-electron chi connectivity index (χ0n) is 17.8. The molecule has 2 N–H and O–H groups in total. The number of aromatic carboxylic acids is 1. The third kappa shape index (κ3) is 5.06. The van der Waals surface area contributed by atoms with Crippen molar-refractivity contribution in [2.45, 2.75) is 22.8 Å². The van der Waals surface area contributed by atoms with Crippen LogP contribution < -0.4 is 9.46 Å². The van der Waals surface area contributed by atoms with Gasteiger partial charge in [0.2, 0.25) is 10.0 Å². The molecule has 1 aliphatic rings. The third-order valence-corrected chi connectivity index (χ3v) is 7.96. The third-order valence-electron chi connectivity index (χ3n) is 5.32. The van der Waals surface area contributed by atoms with Crippen LogP contribution in [0.3, 0.4) is 0 Å². The van der Waals surface area contributed by atoms with E-state index in [1.165, 1.54) is 30.0 Å². The summed E-state index contributed by atoms with van der Waals surface area (Å²) in [6.45, 7) is 0.416. The largest absolute Gasteiger partial charge is 0.489 e. The number of nitrogens with zero attached hydrogens (tertiary/aromatic N) is 1. The SMILES string of the molecule is O=C(O)c1ccc2c(c1SCCNS(=O)(=O)c1ccc([N+](=O)[O-])cc1)Cc1ccccc1CO2. The first-order chi connectivity index (χ1) is 16.3. The summed E-state index contributed by atoms with van der Waals surface area (Å²) in [5.41, 5.74) is 2.76. The monoisotopic (exact) mass is 500 g/mol. The number of nitro groups is 1. The highest BCUT2D eigenvalue weighted by molar-refractivity contribution is 7.99. The van der Waals surface area contributed by atoms with Gasteiger partial charge in [-0.2, -0.15) is 0 Å². The second-order valence-corrected chi connectivity index (χ2v) is 10.3. The van der Waals surface area contributed by atoms with Crippen molar-refractivity contribution in [2.75, 3.05) is 12.3 Å². The van der Waals surface area contributed by atoms with Gasteiger partial charge in [-0.25, -0.2) is 17.9 Å². The number of thioether (sulfide) groups is 1. The number of hydrogen-bond acceptors (Lipinski definition) is 7. The quantitative estimate of drug-likeness (QED) is 0.206. The number of non-ortho nitro benzene ring substituents is 1. The van der Waals surface area contributed by atoms with Crippen LogP contribution >= 0.6 is 11.8 Å². The maximum atomic E-state index is 12.5. The maximum Gasteiger partial charge on any atom is 0.336 e. The van der Waals surface area contributed by atoms with Gasteiger partial charge in [-0.05, 0) is 35.4 Å². The summed E-state index contributed by atoms with van der Waals surface area (Å²) in [4.78, 5) is 22.5. The van der Waals surface area contributed by atoms with Crippen molar-refractivity contribution in [3.05, 3.63) is 93.0 Å². The molecule has 0 bridgehead atoms. The summed E-state index contributed by atoms with van der Waals surface area (Å²) >= 11 is 1.24. The van der Waals surface area contributed by atoms with Crippen molar-refractivity contribution in [1.82, 2.24) is 4.72 Å². The smallest absolute Gasteiger partial charge is 0.336 e. The minimum Gasteiger partial charge on any atom is -0.489 e. The highest BCUT2D eigenvalue weighted by Crippen LogP contribution is 2.38. The number of hydrogen-bond donors (Lipinski definition) is 2. The number of nitrogens with one attached hydrogen (secondary N) is 1. The molecule has 0 atom stereocenters.